The van der Waals surface area contributed by atoms with Crippen molar-refractivity contribution < 1.29 is 0 Å². The SMILES string of the molecule is CCCn1c(=O)n(CCCCN)c(=O)c2c1nc(C)n2CC. The Morgan fingerprint density at radius 1 is 1.05 bits per heavy atom. The third-order valence-electron chi connectivity index (χ3n) is 3.90. The van der Waals surface area contributed by atoms with Crippen molar-refractivity contribution in [3.63, 3.8) is 0 Å². The molecule has 22 heavy (non-hydrogen) atoms. The molecule has 7 nitrogen and oxygen atoms in total. The summed E-state index contributed by atoms with van der Waals surface area (Å²) in [5.41, 5.74) is 6.03. The fourth-order valence-electron chi connectivity index (χ4n) is 2.82. The van der Waals surface area contributed by atoms with Gasteiger partial charge in [0.2, 0.25) is 0 Å². The third kappa shape index (κ3) is 2.72. The summed E-state index contributed by atoms with van der Waals surface area (Å²) in [6, 6.07) is 0. The van der Waals surface area contributed by atoms with Crippen molar-refractivity contribution in [2.45, 2.75) is 59.7 Å². The highest BCUT2D eigenvalue weighted by molar-refractivity contribution is 5.71. The molecule has 0 saturated heterocycles. The molecule has 2 heterocycles. The first-order chi connectivity index (χ1) is 10.6. The summed E-state index contributed by atoms with van der Waals surface area (Å²) >= 11 is 0. The van der Waals surface area contributed by atoms with Gasteiger partial charge in [-0.2, -0.15) is 0 Å². The van der Waals surface area contributed by atoms with Crippen LogP contribution in [0.3, 0.4) is 0 Å². The summed E-state index contributed by atoms with van der Waals surface area (Å²) in [7, 11) is 0. The standard InChI is InChI=1S/C15H25N5O2/c1-4-9-19-13-12(18(5-2)11(3)17-13)14(21)20(15(19)22)10-7-6-8-16/h4-10,16H2,1-3H3. The number of imidazole rings is 1. The zero-order valence-corrected chi connectivity index (χ0v) is 13.6. The van der Waals surface area contributed by atoms with Gasteiger partial charge in [-0.25, -0.2) is 9.78 Å². The van der Waals surface area contributed by atoms with Crippen LogP contribution in [-0.2, 0) is 19.6 Å². The highest BCUT2D eigenvalue weighted by Crippen LogP contribution is 2.11. The van der Waals surface area contributed by atoms with Gasteiger partial charge in [0.15, 0.2) is 11.2 Å². The second-order valence-electron chi connectivity index (χ2n) is 5.46. The van der Waals surface area contributed by atoms with E-state index in [1.165, 1.54) is 4.57 Å². The van der Waals surface area contributed by atoms with E-state index in [4.69, 9.17) is 5.73 Å². The molecule has 0 saturated carbocycles. The minimum Gasteiger partial charge on any atom is -0.330 e. The molecule has 0 aliphatic heterocycles. The van der Waals surface area contributed by atoms with Crippen molar-refractivity contribution in [3.05, 3.63) is 26.7 Å². The first-order valence-electron chi connectivity index (χ1n) is 7.97. The van der Waals surface area contributed by atoms with E-state index < -0.39 is 0 Å². The minimum absolute atomic E-state index is 0.244. The van der Waals surface area contributed by atoms with Crippen molar-refractivity contribution in [1.82, 2.24) is 18.7 Å². The van der Waals surface area contributed by atoms with E-state index in [1.807, 2.05) is 25.3 Å². The van der Waals surface area contributed by atoms with E-state index >= 15 is 0 Å². The lowest BCUT2D eigenvalue weighted by molar-refractivity contribution is 0.532. The molecular weight excluding hydrogens is 282 g/mol. The molecule has 0 atom stereocenters. The Kier molecular flexibility index (Phi) is 5.18. The van der Waals surface area contributed by atoms with Crippen molar-refractivity contribution in [1.29, 1.82) is 0 Å². The van der Waals surface area contributed by atoms with E-state index in [2.05, 4.69) is 4.98 Å². The Labute approximate surface area is 129 Å². The zero-order chi connectivity index (χ0) is 16.3. The summed E-state index contributed by atoms with van der Waals surface area (Å²) in [6.45, 7) is 8.03. The molecule has 0 fully saturated rings. The molecule has 7 heteroatoms. The number of nitrogens with zero attached hydrogens (tertiary/aromatic N) is 4. The van der Waals surface area contributed by atoms with Crippen molar-refractivity contribution in [3.8, 4) is 0 Å². The van der Waals surface area contributed by atoms with Gasteiger partial charge in [-0.1, -0.05) is 6.92 Å². The van der Waals surface area contributed by atoms with Gasteiger partial charge in [0.1, 0.15) is 5.82 Å². The summed E-state index contributed by atoms with van der Waals surface area (Å²) in [5, 5.41) is 0. The number of nitrogens with two attached hydrogens (primary N) is 1. The molecule has 0 radical (unpaired) electrons. The van der Waals surface area contributed by atoms with E-state index in [-0.39, 0.29) is 11.2 Å². The summed E-state index contributed by atoms with van der Waals surface area (Å²) in [6.07, 6.45) is 2.33. The molecule has 2 aromatic heterocycles. The quantitative estimate of drug-likeness (QED) is 0.768. The van der Waals surface area contributed by atoms with Crippen LogP contribution >= 0.6 is 0 Å². The molecule has 0 spiro atoms. The van der Waals surface area contributed by atoms with Crippen LogP contribution in [0.1, 0.15) is 38.9 Å². The number of aryl methyl sites for hydroxylation is 3. The smallest absolute Gasteiger partial charge is 0.330 e. The normalized spacial score (nSPS) is 11.5. The van der Waals surface area contributed by atoms with Crippen molar-refractivity contribution in [2.24, 2.45) is 5.73 Å². The molecule has 122 valence electrons. The van der Waals surface area contributed by atoms with Crippen LogP contribution < -0.4 is 17.0 Å². The minimum atomic E-state index is -0.267. The van der Waals surface area contributed by atoms with Crippen LogP contribution in [0.4, 0.5) is 0 Å². The number of aromatic nitrogens is 4. The summed E-state index contributed by atoms with van der Waals surface area (Å²) < 4.78 is 4.84. The van der Waals surface area contributed by atoms with Crippen LogP contribution in [0.5, 0.6) is 0 Å². The Bertz CT molecular complexity index is 769. The van der Waals surface area contributed by atoms with Crippen LogP contribution in [-0.4, -0.2) is 25.2 Å². The zero-order valence-electron chi connectivity index (χ0n) is 13.6. The van der Waals surface area contributed by atoms with Crippen LogP contribution in [0.25, 0.3) is 11.2 Å². The lowest BCUT2D eigenvalue weighted by atomic mass is 10.3. The average molecular weight is 307 g/mol. The topological polar surface area (TPSA) is 87.8 Å². The largest absolute Gasteiger partial charge is 0.332 e. The van der Waals surface area contributed by atoms with E-state index in [0.29, 0.717) is 37.3 Å². The maximum atomic E-state index is 12.8. The highest BCUT2D eigenvalue weighted by Gasteiger charge is 2.18. The van der Waals surface area contributed by atoms with Crippen LogP contribution in [0, 0.1) is 6.92 Å². The van der Waals surface area contributed by atoms with Gasteiger partial charge in [0, 0.05) is 19.6 Å². The molecule has 0 aliphatic carbocycles. The van der Waals surface area contributed by atoms with E-state index in [0.717, 1.165) is 25.1 Å². The van der Waals surface area contributed by atoms with Crippen molar-refractivity contribution in [2.75, 3.05) is 6.54 Å². The lowest BCUT2D eigenvalue weighted by Gasteiger charge is -2.11. The Morgan fingerprint density at radius 2 is 1.77 bits per heavy atom. The fourth-order valence-corrected chi connectivity index (χ4v) is 2.82. The van der Waals surface area contributed by atoms with Crippen molar-refractivity contribution >= 4 is 11.2 Å². The van der Waals surface area contributed by atoms with Gasteiger partial charge in [-0.15, -0.1) is 0 Å². The average Bonchev–Trinajstić information content (AvgIpc) is 2.83. The predicted molar refractivity (Wildman–Crippen MR) is 87.2 cm³/mol. The second-order valence-corrected chi connectivity index (χ2v) is 5.46. The molecule has 2 aromatic rings. The van der Waals surface area contributed by atoms with E-state index in [9.17, 15) is 9.59 Å². The van der Waals surface area contributed by atoms with Gasteiger partial charge in [-0.05, 0) is 39.7 Å². The number of rotatable bonds is 7. The Morgan fingerprint density at radius 3 is 2.36 bits per heavy atom. The predicted octanol–water partition coefficient (Wildman–Crippen LogP) is 0.837. The molecule has 2 rings (SSSR count). The summed E-state index contributed by atoms with van der Waals surface area (Å²) in [4.78, 5) is 29.8. The van der Waals surface area contributed by atoms with E-state index in [1.54, 1.807) is 4.57 Å². The fraction of sp³-hybridized carbons (Fsp3) is 0.667. The second kappa shape index (κ2) is 6.91. The first kappa shape index (κ1) is 16.5. The molecule has 2 N–H and O–H groups in total. The molecule has 0 unspecified atom stereocenters. The number of hydrogen-bond donors (Lipinski definition) is 1. The van der Waals surface area contributed by atoms with Gasteiger partial charge in [0.05, 0.1) is 0 Å². The number of unbranched alkanes of at least 4 members (excludes halogenated alkanes) is 1. The maximum absolute atomic E-state index is 12.8. The maximum Gasteiger partial charge on any atom is 0.332 e. The van der Waals surface area contributed by atoms with Gasteiger partial charge in [0.25, 0.3) is 5.56 Å². The molecule has 0 bridgehead atoms. The Balaban J connectivity index is 2.74. The monoisotopic (exact) mass is 307 g/mol. The molecule has 0 amide bonds. The summed E-state index contributed by atoms with van der Waals surface area (Å²) in [5.74, 6) is 0.763. The third-order valence-corrected chi connectivity index (χ3v) is 3.90. The number of fused-ring (bicyclic) bond motifs is 1. The lowest BCUT2D eigenvalue weighted by Crippen LogP contribution is -2.40. The van der Waals surface area contributed by atoms with Gasteiger partial charge >= 0.3 is 5.69 Å². The first-order valence-corrected chi connectivity index (χ1v) is 7.97. The van der Waals surface area contributed by atoms with Crippen LogP contribution in [0.15, 0.2) is 9.59 Å². The molecule has 0 aliphatic rings. The van der Waals surface area contributed by atoms with Gasteiger partial charge in [-0.3, -0.25) is 13.9 Å². The number of hydrogen-bond acceptors (Lipinski definition) is 4. The van der Waals surface area contributed by atoms with Crippen LogP contribution in [0.2, 0.25) is 0 Å². The Hall–Kier alpha value is -1.89. The molecular formula is C15H25N5O2. The highest BCUT2D eigenvalue weighted by atomic mass is 16.2. The molecule has 0 aromatic carbocycles. The van der Waals surface area contributed by atoms with Gasteiger partial charge < -0.3 is 10.3 Å².